The van der Waals surface area contributed by atoms with E-state index < -0.39 is 0 Å². The molecular formula is C19H21ClFNO. The van der Waals surface area contributed by atoms with Crippen molar-refractivity contribution >= 4 is 12.4 Å². The normalized spacial score (nSPS) is 25.7. The van der Waals surface area contributed by atoms with E-state index in [0.29, 0.717) is 11.5 Å². The fourth-order valence-electron chi connectivity index (χ4n) is 3.69. The molecule has 2 nitrogen and oxygen atoms in total. The van der Waals surface area contributed by atoms with Crippen molar-refractivity contribution in [3.8, 4) is 16.9 Å². The molecular weight excluding hydrogens is 313 g/mol. The van der Waals surface area contributed by atoms with E-state index >= 15 is 0 Å². The third-order valence-corrected chi connectivity index (χ3v) is 4.99. The second-order valence-electron chi connectivity index (χ2n) is 6.61. The van der Waals surface area contributed by atoms with Crippen molar-refractivity contribution in [3.05, 3.63) is 54.3 Å². The van der Waals surface area contributed by atoms with Gasteiger partial charge in [-0.3, -0.25) is 0 Å². The highest BCUT2D eigenvalue weighted by Gasteiger charge is 2.47. The smallest absolute Gasteiger partial charge is 0.123 e. The first-order chi connectivity index (χ1) is 10.7. The molecule has 4 rings (SSSR count). The number of ether oxygens (including phenoxy) is 1. The predicted octanol–water partition coefficient (Wildman–Crippen LogP) is 4.44. The number of rotatable bonds is 3. The molecule has 0 aromatic heterocycles. The molecule has 1 heterocycles. The average Bonchev–Trinajstić information content (AvgIpc) is 2.98. The summed E-state index contributed by atoms with van der Waals surface area (Å²) in [6, 6.07) is 14.7. The first-order valence-corrected chi connectivity index (χ1v) is 7.96. The van der Waals surface area contributed by atoms with Crippen molar-refractivity contribution < 1.29 is 9.13 Å². The maximum absolute atomic E-state index is 13.0. The van der Waals surface area contributed by atoms with Gasteiger partial charge in [0.25, 0.3) is 0 Å². The molecule has 4 heteroatoms. The summed E-state index contributed by atoms with van der Waals surface area (Å²) < 4.78 is 19.0. The summed E-state index contributed by atoms with van der Waals surface area (Å²) in [5.41, 5.74) is 2.61. The quantitative estimate of drug-likeness (QED) is 0.896. The minimum absolute atomic E-state index is 0. The zero-order valence-corrected chi connectivity index (χ0v) is 13.7. The molecule has 1 spiro atoms. The maximum Gasteiger partial charge on any atom is 0.123 e. The second kappa shape index (κ2) is 6.50. The summed E-state index contributed by atoms with van der Waals surface area (Å²) >= 11 is 0. The Labute approximate surface area is 142 Å². The molecule has 1 aliphatic carbocycles. The molecule has 0 radical (unpaired) electrons. The van der Waals surface area contributed by atoms with Gasteiger partial charge >= 0.3 is 0 Å². The number of benzene rings is 2. The Morgan fingerprint density at radius 3 is 2.13 bits per heavy atom. The van der Waals surface area contributed by atoms with Crippen molar-refractivity contribution in [1.29, 1.82) is 0 Å². The molecule has 0 unspecified atom stereocenters. The molecule has 2 aromatic carbocycles. The van der Waals surface area contributed by atoms with Crippen LogP contribution in [0.5, 0.6) is 5.75 Å². The van der Waals surface area contributed by atoms with E-state index in [2.05, 4.69) is 5.32 Å². The van der Waals surface area contributed by atoms with Crippen molar-refractivity contribution in [1.82, 2.24) is 5.32 Å². The van der Waals surface area contributed by atoms with Crippen LogP contribution < -0.4 is 10.1 Å². The Morgan fingerprint density at radius 2 is 1.57 bits per heavy atom. The molecule has 0 bridgehead atoms. The van der Waals surface area contributed by atoms with Crippen molar-refractivity contribution in [2.75, 3.05) is 13.1 Å². The van der Waals surface area contributed by atoms with Crippen molar-refractivity contribution in [2.45, 2.75) is 25.4 Å². The lowest BCUT2D eigenvalue weighted by Gasteiger charge is -2.44. The van der Waals surface area contributed by atoms with Gasteiger partial charge in [-0.15, -0.1) is 12.4 Å². The van der Waals surface area contributed by atoms with Crippen LogP contribution >= 0.6 is 12.4 Å². The number of hydrogen-bond acceptors (Lipinski definition) is 2. The van der Waals surface area contributed by atoms with Crippen molar-refractivity contribution in [3.63, 3.8) is 0 Å². The van der Waals surface area contributed by atoms with E-state index in [1.807, 2.05) is 24.3 Å². The molecule has 122 valence electrons. The summed E-state index contributed by atoms with van der Waals surface area (Å²) in [7, 11) is 0. The van der Waals surface area contributed by atoms with E-state index in [-0.39, 0.29) is 18.2 Å². The summed E-state index contributed by atoms with van der Waals surface area (Å²) in [6.45, 7) is 2.30. The van der Waals surface area contributed by atoms with Crippen LogP contribution in [0.3, 0.4) is 0 Å². The third kappa shape index (κ3) is 3.36. The van der Waals surface area contributed by atoms with Crippen LogP contribution in [0, 0.1) is 11.2 Å². The predicted molar refractivity (Wildman–Crippen MR) is 92.7 cm³/mol. The SMILES string of the molecule is Cl.Fc1ccc(-c2ccc(OC3CC4(CCNC4)C3)cc2)cc1. The Balaban J connectivity index is 0.00000156. The molecule has 1 aliphatic heterocycles. The monoisotopic (exact) mass is 333 g/mol. The highest BCUT2D eigenvalue weighted by molar-refractivity contribution is 5.85. The van der Waals surface area contributed by atoms with Gasteiger partial charge in [-0.25, -0.2) is 4.39 Å². The lowest BCUT2D eigenvalue weighted by Crippen LogP contribution is -2.45. The number of halogens is 2. The lowest BCUT2D eigenvalue weighted by molar-refractivity contribution is -0.00117. The van der Waals surface area contributed by atoms with Crippen LogP contribution in [-0.2, 0) is 0 Å². The topological polar surface area (TPSA) is 21.3 Å². The molecule has 1 N–H and O–H groups in total. The Hall–Kier alpha value is -1.58. The highest BCUT2D eigenvalue weighted by Crippen LogP contribution is 2.47. The van der Waals surface area contributed by atoms with Gasteiger partial charge in [0.1, 0.15) is 11.6 Å². The van der Waals surface area contributed by atoms with Crippen LogP contribution in [-0.4, -0.2) is 19.2 Å². The Bertz CT molecular complexity index is 642. The standard InChI is InChI=1S/C19H20FNO.ClH/c20-16-5-1-14(2-6-16)15-3-7-17(8-4-15)22-18-11-19(12-18)9-10-21-13-19;/h1-8,18,21H,9-13H2;1H. The van der Waals surface area contributed by atoms with Gasteiger partial charge in [0.05, 0.1) is 6.10 Å². The maximum atomic E-state index is 13.0. The molecule has 2 aromatic rings. The van der Waals surface area contributed by atoms with Gasteiger partial charge in [0, 0.05) is 6.54 Å². The zero-order chi connectivity index (χ0) is 15.0. The first kappa shape index (κ1) is 16.3. The number of hydrogen-bond donors (Lipinski definition) is 1. The molecule has 1 saturated heterocycles. The van der Waals surface area contributed by atoms with Gasteiger partial charge in [0.15, 0.2) is 0 Å². The average molecular weight is 334 g/mol. The van der Waals surface area contributed by atoms with Crippen LogP contribution in [0.1, 0.15) is 19.3 Å². The summed E-state index contributed by atoms with van der Waals surface area (Å²) in [5.74, 6) is 0.723. The first-order valence-electron chi connectivity index (χ1n) is 7.96. The number of nitrogens with one attached hydrogen (secondary N) is 1. The minimum Gasteiger partial charge on any atom is -0.490 e. The van der Waals surface area contributed by atoms with Crippen molar-refractivity contribution in [2.24, 2.45) is 5.41 Å². The molecule has 1 saturated carbocycles. The van der Waals surface area contributed by atoms with E-state index in [4.69, 9.17) is 4.74 Å². The van der Waals surface area contributed by atoms with Gasteiger partial charge in [-0.2, -0.15) is 0 Å². The van der Waals surface area contributed by atoms with Crippen LogP contribution in [0.2, 0.25) is 0 Å². The van der Waals surface area contributed by atoms with Crippen LogP contribution in [0.4, 0.5) is 4.39 Å². The van der Waals surface area contributed by atoms with E-state index in [1.165, 1.54) is 31.4 Å². The van der Waals surface area contributed by atoms with Gasteiger partial charge in [-0.1, -0.05) is 24.3 Å². The molecule has 2 aliphatic rings. The van der Waals surface area contributed by atoms with E-state index in [9.17, 15) is 4.39 Å². The lowest BCUT2D eigenvalue weighted by atomic mass is 9.66. The molecule has 23 heavy (non-hydrogen) atoms. The van der Waals surface area contributed by atoms with E-state index in [1.54, 1.807) is 12.1 Å². The highest BCUT2D eigenvalue weighted by atomic mass is 35.5. The van der Waals surface area contributed by atoms with Crippen LogP contribution in [0.25, 0.3) is 11.1 Å². The Morgan fingerprint density at radius 1 is 0.957 bits per heavy atom. The molecule has 0 atom stereocenters. The zero-order valence-electron chi connectivity index (χ0n) is 12.9. The van der Waals surface area contributed by atoms with E-state index in [0.717, 1.165) is 30.0 Å². The largest absolute Gasteiger partial charge is 0.490 e. The Kier molecular flexibility index (Phi) is 4.60. The van der Waals surface area contributed by atoms with Gasteiger partial charge < -0.3 is 10.1 Å². The molecule has 2 fully saturated rings. The summed E-state index contributed by atoms with van der Waals surface area (Å²) in [6.07, 6.45) is 3.98. The molecule has 0 amide bonds. The van der Waals surface area contributed by atoms with Crippen LogP contribution in [0.15, 0.2) is 48.5 Å². The fraction of sp³-hybridized carbons (Fsp3) is 0.368. The second-order valence-corrected chi connectivity index (χ2v) is 6.61. The minimum atomic E-state index is -0.205. The summed E-state index contributed by atoms with van der Waals surface area (Å²) in [5, 5.41) is 3.45. The van der Waals surface area contributed by atoms with Gasteiger partial charge in [0.2, 0.25) is 0 Å². The fourth-order valence-corrected chi connectivity index (χ4v) is 3.69. The third-order valence-electron chi connectivity index (χ3n) is 4.99. The summed E-state index contributed by atoms with van der Waals surface area (Å²) in [4.78, 5) is 0. The van der Waals surface area contributed by atoms with Gasteiger partial charge in [-0.05, 0) is 66.6 Å².